The van der Waals surface area contributed by atoms with Gasteiger partial charge in [-0.15, -0.1) is 11.3 Å². The van der Waals surface area contributed by atoms with Crippen molar-refractivity contribution in [2.45, 2.75) is 0 Å². The number of para-hydroxylation sites is 2. The van der Waals surface area contributed by atoms with E-state index in [-0.39, 0.29) is 5.57 Å². The van der Waals surface area contributed by atoms with Gasteiger partial charge in [0.15, 0.2) is 0 Å². The van der Waals surface area contributed by atoms with E-state index in [1.165, 1.54) is 6.08 Å². The van der Waals surface area contributed by atoms with Gasteiger partial charge in [0, 0.05) is 33.6 Å². The molecule has 0 aliphatic rings. The zero-order valence-corrected chi connectivity index (χ0v) is 22.4. The van der Waals surface area contributed by atoms with Crippen molar-refractivity contribution in [3.05, 3.63) is 114 Å². The number of aromatic nitrogens is 3. The van der Waals surface area contributed by atoms with Crippen LogP contribution in [0.25, 0.3) is 38.8 Å². The van der Waals surface area contributed by atoms with E-state index >= 15 is 0 Å². The second-order valence-corrected chi connectivity index (χ2v) is 10.3. The second kappa shape index (κ2) is 10.9. The van der Waals surface area contributed by atoms with Crippen molar-refractivity contribution in [3.63, 3.8) is 0 Å². The monoisotopic (exact) mass is 557 g/mol. The molecule has 0 saturated carbocycles. The van der Waals surface area contributed by atoms with Crippen molar-refractivity contribution in [3.8, 4) is 27.8 Å². The summed E-state index contributed by atoms with van der Waals surface area (Å²) in [6.07, 6.45) is 3.17. The zero-order valence-electron chi connectivity index (χ0n) is 20.8. The van der Waals surface area contributed by atoms with Gasteiger partial charge in [-0.05, 0) is 48.0 Å². The Morgan fingerprint density at radius 2 is 1.50 bits per heavy atom. The summed E-state index contributed by atoms with van der Waals surface area (Å²) in [5, 5.41) is 19.2. The SMILES string of the molecule is N#C/C(=C/c1ccc(-c2ncc(-c3ccc(N(c4ccccc4)c4ccccc4)s3)c3nsnc23)cc1)C(=O)O. The van der Waals surface area contributed by atoms with Crippen molar-refractivity contribution in [1.82, 2.24) is 13.7 Å². The molecule has 0 unspecified atom stereocenters. The molecule has 3 heterocycles. The number of aliphatic carboxylic acids is 1. The van der Waals surface area contributed by atoms with Gasteiger partial charge < -0.3 is 10.0 Å². The van der Waals surface area contributed by atoms with E-state index in [2.05, 4.69) is 50.0 Å². The van der Waals surface area contributed by atoms with E-state index in [4.69, 9.17) is 15.4 Å². The number of nitrogens with zero attached hydrogens (tertiary/aromatic N) is 5. The molecule has 9 heteroatoms. The number of carbonyl (C=O) groups is 1. The molecule has 40 heavy (non-hydrogen) atoms. The molecule has 0 fully saturated rings. The predicted molar refractivity (Wildman–Crippen MR) is 160 cm³/mol. The minimum atomic E-state index is -1.26. The number of carboxylic acid groups (broad SMARTS) is 1. The van der Waals surface area contributed by atoms with Crippen molar-refractivity contribution >= 4 is 62.5 Å². The molecule has 0 bridgehead atoms. The summed E-state index contributed by atoms with van der Waals surface area (Å²) in [5.74, 6) is -1.26. The highest BCUT2D eigenvalue weighted by Gasteiger charge is 2.19. The Morgan fingerprint density at radius 3 is 2.12 bits per heavy atom. The van der Waals surface area contributed by atoms with E-state index in [0.29, 0.717) is 16.8 Å². The number of benzene rings is 3. The summed E-state index contributed by atoms with van der Waals surface area (Å²) in [6, 6.07) is 33.6. The number of nitriles is 1. The number of fused-ring (bicyclic) bond motifs is 1. The van der Waals surface area contributed by atoms with Gasteiger partial charge in [0.2, 0.25) is 0 Å². The van der Waals surface area contributed by atoms with Crippen LogP contribution >= 0.6 is 23.1 Å². The molecule has 0 spiro atoms. The summed E-state index contributed by atoms with van der Waals surface area (Å²) < 4.78 is 9.17. The summed E-state index contributed by atoms with van der Waals surface area (Å²) in [4.78, 5) is 19.2. The van der Waals surface area contributed by atoms with E-state index in [9.17, 15) is 4.79 Å². The Bertz CT molecular complexity index is 1850. The van der Waals surface area contributed by atoms with Crippen LogP contribution in [0.5, 0.6) is 0 Å². The maximum Gasteiger partial charge on any atom is 0.346 e. The molecule has 0 amide bonds. The Hall–Kier alpha value is -5.17. The van der Waals surface area contributed by atoms with Gasteiger partial charge >= 0.3 is 5.97 Å². The van der Waals surface area contributed by atoms with Crippen molar-refractivity contribution in [2.75, 3.05) is 4.90 Å². The topological polar surface area (TPSA) is 103 Å². The molecule has 0 saturated heterocycles. The third kappa shape index (κ3) is 4.85. The van der Waals surface area contributed by atoms with Crippen LogP contribution in [-0.4, -0.2) is 24.8 Å². The van der Waals surface area contributed by atoms with Crippen molar-refractivity contribution in [1.29, 1.82) is 5.26 Å². The first-order valence-electron chi connectivity index (χ1n) is 12.2. The number of hydrogen-bond donors (Lipinski definition) is 1. The maximum absolute atomic E-state index is 11.2. The van der Waals surface area contributed by atoms with Gasteiger partial charge in [-0.25, -0.2) is 4.79 Å². The fourth-order valence-electron chi connectivity index (χ4n) is 4.36. The van der Waals surface area contributed by atoms with Gasteiger partial charge in [-0.2, -0.15) is 14.0 Å². The lowest BCUT2D eigenvalue weighted by Gasteiger charge is -2.23. The smallest absolute Gasteiger partial charge is 0.346 e. The first-order valence-corrected chi connectivity index (χ1v) is 13.7. The minimum absolute atomic E-state index is 0.324. The number of pyridine rings is 1. The molecule has 7 nitrogen and oxygen atoms in total. The highest BCUT2D eigenvalue weighted by Crippen LogP contribution is 2.43. The van der Waals surface area contributed by atoms with Crippen LogP contribution in [0.1, 0.15) is 5.56 Å². The third-order valence-corrected chi connectivity index (χ3v) is 7.88. The highest BCUT2D eigenvalue weighted by atomic mass is 32.1. The minimum Gasteiger partial charge on any atom is -0.477 e. The number of thiophene rings is 1. The average molecular weight is 558 g/mol. The molecule has 0 aliphatic heterocycles. The number of carboxylic acids is 1. The quantitative estimate of drug-likeness (QED) is 0.157. The standard InChI is InChI=1S/C31H19N5O2S2/c32-18-22(31(37)38)17-20-11-13-21(14-12-20)28-30-29(34-40-35-30)25(19-33-28)26-15-16-27(39-26)36(23-7-3-1-4-8-23)24-9-5-2-6-10-24/h1-17,19H,(H,37,38)/b22-17-. The van der Waals surface area contributed by atoms with Crippen LogP contribution in [-0.2, 0) is 4.79 Å². The first kappa shape index (κ1) is 25.1. The summed E-state index contributed by atoms with van der Waals surface area (Å²) in [6.45, 7) is 0. The maximum atomic E-state index is 11.2. The number of rotatable bonds is 7. The third-order valence-electron chi connectivity index (χ3n) is 6.24. The van der Waals surface area contributed by atoms with E-state index in [0.717, 1.165) is 49.6 Å². The molecule has 3 aromatic carbocycles. The van der Waals surface area contributed by atoms with Gasteiger partial charge in [-0.3, -0.25) is 4.98 Å². The molecular weight excluding hydrogens is 539 g/mol. The molecule has 0 atom stereocenters. The average Bonchev–Trinajstić information content (AvgIpc) is 3.68. The second-order valence-electron chi connectivity index (χ2n) is 8.72. The fraction of sp³-hybridized carbons (Fsp3) is 0. The van der Waals surface area contributed by atoms with Gasteiger partial charge in [0.1, 0.15) is 27.7 Å². The van der Waals surface area contributed by atoms with Gasteiger partial charge in [-0.1, -0.05) is 60.7 Å². The van der Waals surface area contributed by atoms with Gasteiger partial charge in [0.05, 0.1) is 17.4 Å². The Balaban J connectivity index is 1.37. The van der Waals surface area contributed by atoms with Crippen LogP contribution in [0.3, 0.4) is 0 Å². The lowest BCUT2D eigenvalue weighted by atomic mass is 10.0. The molecule has 1 N–H and O–H groups in total. The van der Waals surface area contributed by atoms with E-state index in [1.807, 2.05) is 54.7 Å². The summed E-state index contributed by atoms with van der Waals surface area (Å²) in [7, 11) is 0. The zero-order chi connectivity index (χ0) is 27.5. The largest absolute Gasteiger partial charge is 0.477 e. The predicted octanol–water partition coefficient (Wildman–Crippen LogP) is 7.94. The Kier molecular flexibility index (Phi) is 6.85. The highest BCUT2D eigenvalue weighted by molar-refractivity contribution is 7.19. The molecule has 3 aromatic heterocycles. The molecule has 0 aliphatic carbocycles. The van der Waals surface area contributed by atoms with Crippen LogP contribution < -0.4 is 4.90 Å². The number of hydrogen-bond acceptors (Lipinski definition) is 8. The van der Waals surface area contributed by atoms with E-state index in [1.54, 1.807) is 29.5 Å². The van der Waals surface area contributed by atoms with Crippen molar-refractivity contribution < 1.29 is 9.90 Å². The van der Waals surface area contributed by atoms with Crippen LogP contribution in [0, 0.1) is 11.3 Å². The first-order chi connectivity index (χ1) is 19.6. The van der Waals surface area contributed by atoms with Crippen LogP contribution in [0.15, 0.2) is 109 Å². The molecule has 6 rings (SSSR count). The molecule has 0 radical (unpaired) electrons. The normalized spacial score (nSPS) is 11.3. The summed E-state index contributed by atoms with van der Waals surface area (Å²) in [5.41, 5.74) is 6.32. The number of anilines is 3. The summed E-state index contributed by atoms with van der Waals surface area (Å²) >= 11 is 2.80. The Morgan fingerprint density at radius 1 is 0.850 bits per heavy atom. The lowest BCUT2D eigenvalue weighted by molar-refractivity contribution is -0.132. The fourth-order valence-corrected chi connectivity index (χ4v) is 5.98. The molecule has 192 valence electrons. The lowest BCUT2D eigenvalue weighted by Crippen LogP contribution is -2.07. The van der Waals surface area contributed by atoms with Crippen molar-refractivity contribution in [2.24, 2.45) is 0 Å². The van der Waals surface area contributed by atoms with Crippen LogP contribution in [0.4, 0.5) is 16.4 Å². The Labute approximate surface area is 237 Å². The van der Waals surface area contributed by atoms with Crippen LogP contribution in [0.2, 0.25) is 0 Å². The van der Waals surface area contributed by atoms with Gasteiger partial charge in [0.25, 0.3) is 0 Å². The van der Waals surface area contributed by atoms with E-state index < -0.39 is 5.97 Å². The molecular formula is C31H19N5O2S2. The molecule has 6 aromatic rings.